The summed E-state index contributed by atoms with van der Waals surface area (Å²) >= 11 is 5.86. The fourth-order valence-corrected chi connectivity index (χ4v) is 2.12. The van der Waals surface area contributed by atoms with E-state index in [0.29, 0.717) is 22.1 Å². The number of benzene rings is 1. The number of rotatable bonds is 5. The van der Waals surface area contributed by atoms with Gasteiger partial charge in [0.05, 0.1) is 11.4 Å². The molecule has 0 unspecified atom stereocenters. The summed E-state index contributed by atoms with van der Waals surface area (Å²) in [6, 6.07) is 17.5. The van der Waals surface area contributed by atoms with Crippen LogP contribution in [0, 0.1) is 0 Å². The standard InChI is InChI=1S/C18H13ClN4O/c19-13-7-9-14(10-8-13)22-23-17(15-5-1-3-11-20-15)18(24)16-6-2-4-12-21-16/h1-12,22H/b23-17+. The van der Waals surface area contributed by atoms with Crippen LogP contribution in [0.4, 0.5) is 5.69 Å². The van der Waals surface area contributed by atoms with E-state index in [1.54, 1.807) is 73.1 Å². The topological polar surface area (TPSA) is 67.2 Å². The highest BCUT2D eigenvalue weighted by Gasteiger charge is 2.18. The van der Waals surface area contributed by atoms with E-state index in [9.17, 15) is 4.79 Å². The molecule has 0 radical (unpaired) electrons. The molecule has 0 aliphatic heterocycles. The van der Waals surface area contributed by atoms with Gasteiger partial charge in [0, 0.05) is 17.4 Å². The first-order valence-corrected chi connectivity index (χ1v) is 7.58. The summed E-state index contributed by atoms with van der Waals surface area (Å²) in [6.07, 6.45) is 3.18. The molecule has 0 fully saturated rings. The number of nitrogens with zero attached hydrogens (tertiary/aromatic N) is 3. The number of hydrogen-bond donors (Lipinski definition) is 1. The van der Waals surface area contributed by atoms with E-state index < -0.39 is 0 Å². The molecule has 2 heterocycles. The highest BCUT2D eigenvalue weighted by molar-refractivity contribution is 6.50. The van der Waals surface area contributed by atoms with Gasteiger partial charge >= 0.3 is 0 Å². The molecule has 0 saturated heterocycles. The Labute approximate surface area is 144 Å². The average Bonchev–Trinajstić information content (AvgIpc) is 2.65. The quantitative estimate of drug-likeness (QED) is 0.437. The highest BCUT2D eigenvalue weighted by Crippen LogP contribution is 2.14. The molecule has 2 aromatic heterocycles. The van der Waals surface area contributed by atoms with Crippen molar-refractivity contribution in [3.63, 3.8) is 0 Å². The van der Waals surface area contributed by atoms with Gasteiger partial charge in [-0.2, -0.15) is 5.10 Å². The average molecular weight is 337 g/mol. The van der Waals surface area contributed by atoms with Crippen molar-refractivity contribution in [2.75, 3.05) is 5.43 Å². The minimum absolute atomic E-state index is 0.184. The lowest BCUT2D eigenvalue weighted by Crippen LogP contribution is -2.19. The first-order chi connectivity index (χ1) is 11.7. The van der Waals surface area contributed by atoms with Crippen LogP contribution in [0.25, 0.3) is 0 Å². The summed E-state index contributed by atoms with van der Waals surface area (Å²) in [5, 5.41) is 4.87. The van der Waals surface area contributed by atoms with Crippen molar-refractivity contribution in [2.24, 2.45) is 5.10 Å². The van der Waals surface area contributed by atoms with Crippen LogP contribution in [-0.4, -0.2) is 21.5 Å². The SMILES string of the molecule is O=C(/C(=N/Nc1ccc(Cl)cc1)c1ccccn1)c1ccccn1. The third kappa shape index (κ3) is 3.83. The molecule has 24 heavy (non-hydrogen) atoms. The minimum atomic E-state index is -0.309. The predicted octanol–water partition coefficient (Wildman–Crippen LogP) is 3.83. The normalized spacial score (nSPS) is 11.1. The molecule has 0 spiro atoms. The lowest BCUT2D eigenvalue weighted by molar-refractivity contribution is 0.106. The summed E-state index contributed by atoms with van der Waals surface area (Å²) in [5.74, 6) is -0.309. The van der Waals surface area contributed by atoms with Crippen molar-refractivity contribution in [3.05, 3.63) is 89.5 Å². The Morgan fingerprint density at radius 2 is 1.50 bits per heavy atom. The lowest BCUT2D eigenvalue weighted by atomic mass is 10.1. The van der Waals surface area contributed by atoms with Crippen molar-refractivity contribution >= 4 is 28.8 Å². The van der Waals surface area contributed by atoms with Crippen LogP contribution in [0.3, 0.4) is 0 Å². The number of halogens is 1. The maximum Gasteiger partial charge on any atom is 0.233 e. The third-order valence-corrected chi connectivity index (χ3v) is 3.41. The maximum atomic E-state index is 12.7. The van der Waals surface area contributed by atoms with E-state index in [2.05, 4.69) is 20.5 Å². The summed E-state index contributed by atoms with van der Waals surface area (Å²) in [5.41, 5.74) is 4.53. The number of hydrogen-bond acceptors (Lipinski definition) is 5. The van der Waals surface area contributed by atoms with Crippen LogP contribution in [-0.2, 0) is 0 Å². The van der Waals surface area contributed by atoms with Gasteiger partial charge in [-0.15, -0.1) is 0 Å². The van der Waals surface area contributed by atoms with Crippen LogP contribution in [0.5, 0.6) is 0 Å². The second kappa shape index (κ2) is 7.48. The molecular formula is C18H13ClN4O. The van der Waals surface area contributed by atoms with Crippen molar-refractivity contribution in [3.8, 4) is 0 Å². The number of Topliss-reactive ketones (excluding diaryl/α,β-unsaturated/α-hetero) is 1. The molecule has 3 aromatic rings. The molecule has 0 atom stereocenters. The molecular weight excluding hydrogens is 324 g/mol. The number of aromatic nitrogens is 2. The lowest BCUT2D eigenvalue weighted by Gasteiger charge is -2.06. The zero-order valence-electron chi connectivity index (χ0n) is 12.6. The summed E-state index contributed by atoms with van der Waals surface area (Å²) in [7, 11) is 0. The second-order valence-corrected chi connectivity index (χ2v) is 5.27. The third-order valence-electron chi connectivity index (χ3n) is 3.16. The van der Waals surface area contributed by atoms with E-state index >= 15 is 0 Å². The van der Waals surface area contributed by atoms with Crippen LogP contribution < -0.4 is 5.43 Å². The van der Waals surface area contributed by atoms with Crippen LogP contribution >= 0.6 is 11.6 Å². The molecule has 1 aromatic carbocycles. The molecule has 0 aliphatic rings. The van der Waals surface area contributed by atoms with Gasteiger partial charge in [0.25, 0.3) is 0 Å². The molecule has 5 nitrogen and oxygen atoms in total. The van der Waals surface area contributed by atoms with E-state index in [0.717, 1.165) is 0 Å². The van der Waals surface area contributed by atoms with Crippen molar-refractivity contribution in [2.45, 2.75) is 0 Å². The zero-order valence-corrected chi connectivity index (χ0v) is 13.3. The van der Waals surface area contributed by atoms with Gasteiger partial charge in [-0.1, -0.05) is 23.7 Å². The molecule has 1 N–H and O–H groups in total. The molecule has 0 saturated carbocycles. The maximum absolute atomic E-state index is 12.7. The highest BCUT2D eigenvalue weighted by atomic mass is 35.5. The first kappa shape index (κ1) is 15.8. The van der Waals surface area contributed by atoms with Gasteiger partial charge in [-0.3, -0.25) is 20.2 Å². The van der Waals surface area contributed by atoms with Gasteiger partial charge in [0.1, 0.15) is 5.69 Å². The number of nitrogens with one attached hydrogen (secondary N) is 1. The summed E-state index contributed by atoms with van der Waals surface area (Å²) < 4.78 is 0. The Kier molecular flexibility index (Phi) is 4.93. The van der Waals surface area contributed by atoms with Gasteiger partial charge < -0.3 is 0 Å². The Morgan fingerprint density at radius 1 is 0.875 bits per heavy atom. The summed E-state index contributed by atoms with van der Waals surface area (Å²) in [6.45, 7) is 0. The number of hydrazone groups is 1. The Balaban J connectivity index is 1.94. The van der Waals surface area contributed by atoms with E-state index in [1.807, 2.05) is 0 Å². The van der Waals surface area contributed by atoms with Gasteiger partial charge in [0.15, 0.2) is 5.71 Å². The Hall–Kier alpha value is -3.05. The molecule has 0 bridgehead atoms. The Bertz CT molecular complexity index is 849. The molecule has 3 rings (SSSR count). The monoisotopic (exact) mass is 336 g/mol. The summed E-state index contributed by atoms with van der Waals surface area (Å²) in [4.78, 5) is 21.0. The fourth-order valence-electron chi connectivity index (χ4n) is 1.99. The van der Waals surface area contributed by atoms with Crippen LogP contribution in [0.1, 0.15) is 16.2 Å². The fraction of sp³-hybridized carbons (Fsp3) is 0. The van der Waals surface area contributed by atoms with Gasteiger partial charge in [0.2, 0.25) is 5.78 Å². The van der Waals surface area contributed by atoms with Crippen molar-refractivity contribution in [1.29, 1.82) is 0 Å². The smallest absolute Gasteiger partial charge is 0.233 e. The minimum Gasteiger partial charge on any atom is -0.285 e. The van der Waals surface area contributed by atoms with E-state index in [-0.39, 0.29) is 11.5 Å². The van der Waals surface area contributed by atoms with Crippen molar-refractivity contribution < 1.29 is 4.79 Å². The predicted molar refractivity (Wildman–Crippen MR) is 94.4 cm³/mol. The molecule has 0 aliphatic carbocycles. The first-order valence-electron chi connectivity index (χ1n) is 7.20. The molecule has 0 amide bonds. The number of pyridine rings is 2. The van der Waals surface area contributed by atoms with Gasteiger partial charge in [-0.05, 0) is 48.5 Å². The molecule has 118 valence electrons. The van der Waals surface area contributed by atoms with Crippen LogP contribution in [0.2, 0.25) is 5.02 Å². The molecule has 6 heteroatoms. The number of carbonyl (C=O) groups is 1. The number of ketones is 1. The van der Waals surface area contributed by atoms with E-state index in [4.69, 9.17) is 11.6 Å². The van der Waals surface area contributed by atoms with Crippen LogP contribution in [0.15, 0.2) is 78.2 Å². The Morgan fingerprint density at radius 3 is 2.08 bits per heavy atom. The van der Waals surface area contributed by atoms with E-state index in [1.165, 1.54) is 0 Å². The van der Waals surface area contributed by atoms with Crippen molar-refractivity contribution in [1.82, 2.24) is 9.97 Å². The number of anilines is 1. The number of carbonyl (C=O) groups excluding carboxylic acids is 1. The zero-order chi connectivity index (χ0) is 16.8. The second-order valence-electron chi connectivity index (χ2n) is 4.84. The van der Waals surface area contributed by atoms with Gasteiger partial charge in [-0.25, -0.2) is 0 Å². The largest absolute Gasteiger partial charge is 0.285 e.